The summed E-state index contributed by atoms with van der Waals surface area (Å²) in [5, 5.41) is 0. The fraction of sp³-hybridized carbons (Fsp3) is 0.400. The van der Waals surface area contributed by atoms with E-state index in [-0.39, 0.29) is 6.04 Å². The second-order valence-corrected chi connectivity index (χ2v) is 8.45. The van der Waals surface area contributed by atoms with Crippen molar-refractivity contribution in [1.82, 2.24) is 9.62 Å². The van der Waals surface area contributed by atoms with Gasteiger partial charge in [0.05, 0.1) is 24.2 Å². The van der Waals surface area contributed by atoms with Crippen molar-refractivity contribution in [1.29, 1.82) is 0 Å². The number of aryl methyl sites for hydroxylation is 2. The largest absolute Gasteiger partial charge is 0.379 e. The molecule has 0 saturated carbocycles. The summed E-state index contributed by atoms with van der Waals surface area (Å²) in [6.07, 6.45) is 0. The van der Waals surface area contributed by atoms with Crippen LogP contribution in [0, 0.1) is 13.8 Å². The lowest BCUT2D eigenvalue weighted by Crippen LogP contribution is -2.43. The van der Waals surface area contributed by atoms with Gasteiger partial charge < -0.3 is 4.74 Å². The Morgan fingerprint density at radius 2 is 1.77 bits per heavy atom. The summed E-state index contributed by atoms with van der Waals surface area (Å²) in [4.78, 5) is 2.58. The molecular weight excluding hydrogens is 348 g/mol. The lowest BCUT2D eigenvalue weighted by molar-refractivity contribution is 0.0345. The molecule has 1 saturated heterocycles. The summed E-state index contributed by atoms with van der Waals surface area (Å²) >= 11 is 0. The number of sulfonamides is 1. The predicted octanol–water partition coefficient (Wildman–Crippen LogP) is 2.66. The maximum atomic E-state index is 13.0. The zero-order chi connectivity index (χ0) is 18.6. The van der Waals surface area contributed by atoms with E-state index in [1.54, 1.807) is 6.07 Å². The van der Waals surface area contributed by atoms with Crippen molar-refractivity contribution in [3.05, 3.63) is 65.2 Å². The first-order chi connectivity index (χ1) is 12.5. The summed E-state index contributed by atoms with van der Waals surface area (Å²) in [7, 11) is -3.61. The minimum absolute atomic E-state index is 0.306. The molecule has 0 spiro atoms. The topological polar surface area (TPSA) is 58.6 Å². The third kappa shape index (κ3) is 4.71. The predicted molar refractivity (Wildman–Crippen MR) is 103 cm³/mol. The lowest BCUT2D eigenvalue weighted by atomic mass is 10.1. The fourth-order valence-electron chi connectivity index (χ4n) is 3.29. The quantitative estimate of drug-likeness (QED) is 0.845. The summed E-state index contributed by atoms with van der Waals surface area (Å²) in [6, 6.07) is 14.9. The molecule has 5 nitrogen and oxygen atoms in total. The molecule has 2 aromatic carbocycles. The van der Waals surface area contributed by atoms with E-state index in [9.17, 15) is 8.42 Å². The van der Waals surface area contributed by atoms with Gasteiger partial charge in [-0.1, -0.05) is 48.0 Å². The van der Waals surface area contributed by atoms with E-state index >= 15 is 0 Å². The Kier molecular flexibility index (Phi) is 6.09. The highest BCUT2D eigenvalue weighted by molar-refractivity contribution is 7.89. The Bertz CT molecular complexity index is 831. The van der Waals surface area contributed by atoms with Crippen molar-refractivity contribution in [2.45, 2.75) is 24.8 Å². The average Bonchev–Trinajstić information content (AvgIpc) is 2.62. The van der Waals surface area contributed by atoms with Crippen LogP contribution in [0.4, 0.5) is 0 Å². The van der Waals surface area contributed by atoms with Crippen LogP contribution in [-0.4, -0.2) is 46.2 Å². The van der Waals surface area contributed by atoms with Gasteiger partial charge in [-0.05, 0) is 31.0 Å². The van der Waals surface area contributed by atoms with Gasteiger partial charge in [0.1, 0.15) is 0 Å². The van der Waals surface area contributed by atoms with E-state index in [1.807, 2.05) is 56.3 Å². The molecule has 0 unspecified atom stereocenters. The second-order valence-electron chi connectivity index (χ2n) is 6.77. The molecule has 26 heavy (non-hydrogen) atoms. The van der Waals surface area contributed by atoms with Gasteiger partial charge in [-0.15, -0.1) is 0 Å². The SMILES string of the molecule is Cc1ccc(S(=O)(=O)N[C@H](CN2CCOCC2)c2ccccc2)c(C)c1. The molecule has 1 heterocycles. The molecule has 1 fully saturated rings. The van der Waals surface area contributed by atoms with E-state index in [0.29, 0.717) is 24.7 Å². The molecule has 0 aliphatic carbocycles. The summed E-state index contributed by atoms with van der Waals surface area (Å²) < 4.78 is 34.4. The Labute approximate surface area is 156 Å². The minimum Gasteiger partial charge on any atom is -0.379 e. The van der Waals surface area contributed by atoms with Gasteiger partial charge in [-0.3, -0.25) is 4.90 Å². The van der Waals surface area contributed by atoms with Gasteiger partial charge in [0.15, 0.2) is 0 Å². The average molecular weight is 375 g/mol. The first-order valence-corrected chi connectivity index (χ1v) is 10.4. The Morgan fingerprint density at radius 3 is 2.42 bits per heavy atom. The highest BCUT2D eigenvalue weighted by Gasteiger charge is 2.25. The van der Waals surface area contributed by atoms with Crippen LogP contribution in [0.1, 0.15) is 22.7 Å². The molecule has 6 heteroatoms. The molecule has 3 rings (SSSR count). The number of benzene rings is 2. The number of nitrogens with one attached hydrogen (secondary N) is 1. The van der Waals surface area contributed by atoms with Crippen molar-refractivity contribution in [2.24, 2.45) is 0 Å². The number of hydrogen-bond donors (Lipinski definition) is 1. The first kappa shape index (κ1) is 19.0. The first-order valence-electron chi connectivity index (χ1n) is 8.90. The zero-order valence-electron chi connectivity index (χ0n) is 15.3. The standard InChI is InChI=1S/C20H26N2O3S/c1-16-8-9-20(17(2)14-16)26(23,24)21-19(18-6-4-3-5-7-18)15-22-10-12-25-13-11-22/h3-9,14,19,21H,10-13,15H2,1-2H3/t19-/m1/s1. The highest BCUT2D eigenvalue weighted by atomic mass is 32.2. The highest BCUT2D eigenvalue weighted by Crippen LogP contribution is 2.22. The van der Waals surface area contributed by atoms with Crippen LogP contribution in [0.15, 0.2) is 53.4 Å². The molecule has 1 aliphatic rings. The van der Waals surface area contributed by atoms with Crippen LogP contribution in [0.2, 0.25) is 0 Å². The minimum atomic E-state index is -3.61. The molecule has 1 aliphatic heterocycles. The molecule has 1 atom stereocenters. The third-order valence-corrected chi connectivity index (χ3v) is 6.30. The molecule has 2 aromatic rings. The van der Waals surface area contributed by atoms with Crippen LogP contribution in [0.5, 0.6) is 0 Å². The van der Waals surface area contributed by atoms with Crippen LogP contribution < -0.4 is 4.72 Å². The van der Waals surface area contributed by atoms with Crippen molar-refractivity contribution in [2.75, 3.05) is 32.8 Å². The number of morpholine rings is 1. The van der Waals surface area contributed by atoms with Crippen LogP contribution in [0.3, 0.4) is 0 Å². The number of ether oxygens (including phenoxy) is 1. The monoisotopic (exact) mass is 374 g/mol. The Balaban J connectivity index is 1.86. The molecule has 140 valence electrons. The fourth-order valence-corrected chi connectivity index (χ4v) is 4.73. The van der Waals surface area contributed by atoms with Gasteiger partial charge in [0.25, 0.3) is 0 Å². The number of nitrogens with zero attached hydrogens (tertiary/aromatic N) is 1. The van der Waals surface area contributed by atoms with Crippen molar-refractivity contribution < 1.29 is 13.2 Å². The molecular formula is C20H26N2O3S. The van der Waals surface area contributed by atoms with E-state index in [4.69, 9.17) is 4.74 Å². The van der Waals surface area contributed by atoms with Crippen molar-refractivity contribution in [3.63, 3.8) is 0 Å². The van der Waals surface area contributed by atoms with Gasteiger partial charge in [-0.2, -0.15) is 0 Å². The molecule has 0 bridgehead atoms. The molecule has 0 radical (unpaired) electrons. The maximum Gasteiger partial charge on any atom is 0.241 e. The summed E-state index contributed by atoms with van der Waals surface area (Å²) in [5.74, 6) is 0. The Morgan fingerprint density at radius 1 is 1.08 bits per heavy atom. The van der Waals surface area contributed by atoms with E-state index < -0.39 is 10.0 Å². The van der Waals surface area contributed by atoms with E-state index in [2.05, 4.69) is 9.62 Å². The van der Waals surface area contributed by atoms with E-state index in [0.717, 1.165) is 29.8 Å². The van der Waals surface area contributed by atoms with Gasteiger partial charge in [-0.25, -0.2) is 13.1 Å². The molecule has 0 aromatic heterocycles. The van der Waals surface area contributed by atoms with Gasteiger partial charge in [0, 0.05) is 19.6 Å². The van der Waals surface area contributed by atoms with Crippen molar-refractivity contribution in [3.8, 4) is 0 Å². The third-order valence-electron chi connectivity index (χ3n) is 4.66. The van der Waals surface area contributed by atoms with Gasteiger partial charge >= 0.3 is 0 Å². The lowest BCUT2D eigenvalue weighted by Gasteiger charge is -2.31. The Hall–Kier alpha value is -1.73. The van der Waals surface area contributed by atoms with Gasteiger partial charge in [0.2, 0.25) is 10.0 Å². The maximum absolute atomic E-state index is 13.0. The second kappa shape index (κ2) is 8.31. The smallest absolute Gasteiger partial charge is 0.241 e. The number of rotatable bonds is 6. The molecule has 1 N–H and O–H groups in total. The normalized spacial score (nSPS) is 17.2. The van der Waals surface area contributed by atoms with E-state index in [1.165, 1.54) is 0 Å². The molecule has 0 amide bonds. The van der Waals surface area contributed by atoms with Crippen LogP contribution in [0.25, 0.3) is 0 Å². The summed E-state index contributed by atoms with van der Waals surface area (Å²) in [5.41, 5.74) is 2.78. The van der Waals surface area contributed by atoms with Crippen LogP contribution >= 0.6 is 0 Å². The van der Waals surface area contributed by atoms with Crippen molar-refractivity contribution >= 4 is 10.0 Å². The number of hydrogen-bond acceptors (Lipinski definition) is 4. The summed E-state index contributed by atoms with van der Waals surface area (Å²) in [6.45, 7) is 7.42. The van der Waals surface area contributed by atoms with Crippen LogP contribution in [-0.2, 0) is 14.8 Å². The zero-order valence-corrected chi connectivity index (χ0v) is 16.1.